The van der Waals surface area contributed by atoms with Crippen molar-refractivity contribution in [2.45, 2.75) is 33.2 Å². The van der Waals surface area contributed by atoms with E-state index in [0.29, 0.717) is 0 Å². The summed E-state index contributed by atoms with van der Waals surface area (Å²) in [6, 6.07) is 12.7. The summed E-state index contributed by atoms with van der Waals surface area (Å²) >= 11 is 0. The highest BCUT2D eigenvalue weighted by Gasteiger charge is 2.09. The molecular weight excluding hydrogens is 246 g/mol. The molecule has 3 nitrogen and oxygen atoms in total. The van der Waals surface area contributed by atoms with E-state index >= 15 is 0 Å². The highest BCUT2D eigenvalue weighted by Crippen LogP contribution is 2.26. The van der Waals surface area contributed by atoms with Crippen molar-refractivity contribution in [1.82, 2.24) is 4.98 Å². The molecule has 1 aromatic heterocycles. The minimum atomic E-state index is 0.0260. The van der Waals surface area contributed by atoms with Crippen LogP contribution in [0.4, 0.5) is 11.4 Å². The van der Waals surface area contributed by atoms with Crippen molar-refractivity contribution in [2.75, 3.05) is 11.4 Å². The summed E-state index contributed by atoms with van der Waals surface area (Å²) in [5.41, 5.74) is 10.5. The van der Waals surface area contributed by atoms with Gasteiger partial charge in [0.15, 0.2) is 0 Å². The van der Waals surface area contributed by atoms with E-state index in [9.17, 15) is 0 Å². The SMILES string of the molecule is CC[C@H](N)c1ccc(N(CC)c2cccc(C)c2)cn1. The monoisotopic (exact) mass is 269 g/mol. The molecular formula is C17H23N3. The van der Waals surface area contributed by atoms with Gasteiger partial charge < -0.3 is 10.6 Å². The molecule has 0 fully saturated rings. The van der Waals surface area contributed by atoms with Crippen molar-refractivity contribution in [1.29, 1.82) is 0 Å². The Labute approximate surface area is 121 Å². The summed E-state index contributed by atoms with van der Waals surface area (Å²) in [7, 11) is 0. The van der Waals surface area contributed by atoms with Crippen molar-refractivity contribution in [3.63, 3.8) is 0 Å². The first-order valence-electron chi connectivity index (χ1n) is 7.21. The summed E-state index contributed by atoms with van der Waals surface area (Å²) in [6.07, 6.45) is 2.82. The van der Waals surface area contributed by atoms with Gasteiger partial charge in [-0.25, -0.2) is 0 Å². The molecule has 2 N–H and O–H groups in total. The number of aromatic nitrogens is 1. The molecule has 0 unspecified atom stereocenters. The molecule has 0 radical (unpaired) electrons. The number of benzene rings is 1. The molecule has 0 amide bonds. The number of nitrogens with zero attached hydrogens (tertiary/aromatic N) is 2. The number of nitrogens with two attached hydrogens (primary N) is 1. The molecule has 0 saturated heterocycles. The first-order chi connectivity index (χ1) is 9.65. The van der Waals surface area contributed by atoms with Crippen LogP contribution in [-0.2, 0) is 0 Å². The van der Waals surface area contributed by atoms with Gasteiger partial charge in [0.25, 0.3) is 0 Å². The predicted molar refractivity (Wildman–Crippen MR) is 85.3 cm³/mol. The Balaban J connectivity index is 2.28. The van der Waals surface area contributed by atoms with E-state index in [1.54, 1.807) is 0 Å². The lowest BCUT2D eigenvalue weighted by Gasteiger charge is -2.23. The van der Waals surface area contributed by atoms with Crippen molar-refractivity contribution in [3.05, 3.63) is 53.9 Å². The third-order valence-corrected chi connectivity index (χ3v) is 3.53. The van der Waals surface area contributed by atoms with E-state index in [1.165, 1.54) is 11.3 Å². The van der Waals surface area contributed by atoms with Gasteiger partial charge in [-0.05, 0) is 50.1 Å². The molecule has 2 aromatic rings. The van der Waals surface area contributed by atoms with E-state index < -0.39 is 0 Å². The van der Waals surface area contributed by atoms with Gasteiger partial charge in [-0.15, -0.1) is 0 Å². The highest BCUT2D eigenvalue weighted by molar-refractivity contribution is 5.63. The zero-order valence-corrected chi connectivity index (χ0v) is 12.5. The molecule has 0 aliphatic heterocycles. The second kappa shape index (κ2) is 6.53. The van der Waals surface area contributed by atoms with Crippen LogP contribution in [0.2, 0.25) is 0 Å². The molecule has 106 valence electrons. The van der Waals surface area contributed by atoms with Crippen LogP contribution in [0.3, 0.4) is 0 Å². The van der Waals surface area contributed by atoms with Crippen LogP contribution in [0.1, 0.15) is 37.6 Å². The summed E-state index contributed by atoms with van der Waals surface area (Å²) in [6.45, 7) is 7.24. The van der Waals surface area contributed by atoms with Crippen LogP contribution in [0, 0.1) is 6.92 Å². The van der Waals surface area contributed by atoms with Crippen LogP contribution in [0.25, 0.3) is 0 Å². The molecule has 1 heterocycles. The lowest BCUT2D eigenvalue weighted by atomic mass is 10.1. The minimum absolute atomic E-state index is 0.0260. The van der Waals surface area contributed by atoms with Crippen LogP contribution in [0.15, 0.2) is 42.6 Å². The second-order valence-corrected chi connectivity index (χ2v) is 5.04. The quantitative estimate of drug-likeness (QED) is 0.893. The third-order valence-electron chi connectivity index (χ3n) is 3.53. The Morgan fingerprint density at radius 3 is 2.50 bits per heavy atom. The first kappa shape index (κ1) is 14.5. The minimum Gasteiger partial charge on any atom is -0.341 e. The van der Waals surface area contributed by atoms with Gasteiger partial charge in [-0.2, -0.15) is 0 Å². The molecule has 3 heteroatoms. The molecule has 0 aliphatic carbocycles. The Kier molecular flexibility index (Phi) is 4.74. The molecule has 1 atom stereocenters. The first-order valence-corrected chi connectivity index (χ1v) is 7.21. The Hall–Kier alpha value is -1.87. The molecule has 1 aromatic carbocycles. The number of hydrogen-bond donors (Lipinski definition) is 1. The van der Waals surface area contributed by atoms with E-state index in [1.807, 2.05) is 12.3 Å². The second-order valence-electron chi connectivity index (χ2n) is 5.04. The number of hydrogen-bond acceptors (Lipinski definition) is 3. The number of aryl methyl sites for hydroxylation is 1. The van der Waals surface area contributed by atoms with Crippen molar-refractivity contribution >= 4 is 11.4 Å². The molecule has 0 bridgehead atoms. The van der Waals surface area contributed by atoms with Gasteiger partial charge in [0.1, 0.15) is 0 Å². The fourth-order valence-electron chi connectivity index (χ4n) is 2.30. The Bertz CT molecular complexity index is 548. The van der Waals surface area contributed by atoms with Gasteiger partial charge in [0, 0.05) is 18.3 Å². The number of rotatable bonds is 5. The maximum Gasteiger partial charge on any atom is 0.0597 e. The molecule has 0 spiro atoms. The normalized spacial score (nSPS) is 12.2. The van der Waals surface area contributed by atoms with Crippen LogP contribution in [0.5, 0.6) is 0 Å². The summed E-state index contributed by atoms with van der Waals surface area (Å²) in [5.74, 6) is 0. The van der Waals surface area contributed by atoms with Crippen LogP contribution < -0.4 is 10.6 Å². The number of pyridine rings is 1. The fourth-order valence-corrected chi connectivity index (χ4v) is 2.30. The lowest BCUT2D eigenvalue weighted by molar-refractivity contribution is 0.675. The molecule has 2 rings (SSSR count). The highest BCUT2D eigenvalue weighted by atomic mass is 15.1. The zero-order valence-electron chi connectivity index (χ0n) is 12.5. The van der Waals surface area contributed by atoms with E-state index in [2.05, 4.69) is 61.0 Å². The summed E-state index contributed by atoms with van der Waals surface area (Å²) < 4.78 is 0. The molecule has 0 aliphatic rings. The maximum absolute atomic E-state index is 6.01. The van der Waals surface area contributed by atoms with Crippen molar-refractivity contribution < 1.29 is 0 Å². The average molecular weight is 269 g/mol. The van der Waals surface area contributed by atoms with Crippen LogP contribution >= 0.6 is 0 Å². The van der Waals surface area contributed by atoms with E-state index in [4.69, 9.17) is 5.73 Å². The standard InChI is InChI=1S/C17H23N3/c1-4-16(18)17-10-9-15(12-19-17)20(5-2)14-8-6-7-13(3)11-14/h6-12,16H,4-5,18H2,1-3H3/t16-/m0/s1. The Morgan fingerprint density at radius 1 is 1.15 bits per heavy atom. The van der Waals surface area contributed by atoms with Gasteiger partial charge >= 0.3 is 0 Å². The average Bonchev–Trinajstić information content (AvgIpc) is 2.48. The largest absolute Gasteiger partial charge is 0.341 e. The number of anilines is 2. The maximum atomic E-state index is 6.01. The molecule has 20 heavy (non-hydrogen) atoms. The summed E-state index contributed by atoms with van der Waals surface area (Å²) in [4.78, 5) is 6.75. The van der Waals surface area contributed by atoms with Crippen molar-refractivity contribution in [2.24, 2.45) is 5.73 Å². The Morgan fingerprint density at radius 2 is 1.95 bits per heavy atom. The summed E-state index contributed by atoms with van der Waals surface area (Å²) in [5, 5.41) is 0. The van der Waals surface area contributed by atoms with Gasteiger partial charge in [0.05, 0.1) is 17.6 Å². The molecule has 0 saturated carbocycles. The zero-order chi connectivity index (χ0) is 14.5. The third kappa shape index (κ3) is 3.17. The van der Waals surface area contributed by atoms with Crippen molar-refractivity contribution in [3.8, 4) is 0 Å². The van der Waals surface area contributed by atoms with Gasteiger partial charge in [0.2, 0.25) is 0 Å². The van der Waals surface area contributed by atoms with Gasteiger partial charge in [-0.3, -0.25) is 4.98 Å². The van der Waals surface area contributed by atoms with E-state index in [0.717, 1.165) is 24.3 Å². The van der Waals surface area contributed by atoms with Gasteiger partial charge in [-0.1, -0.05) is 19.1 Å². The fraction of sp³-hybridized carbons (Fsp3) is 0.353. The smallest absolute Gasteiger partial charge is 0.0597 e. The topological polar surface area (TPSA) is 42.1 Å². The lowest BCUT2D eigenvalue weighted by Crippen LogP contribution is -2.17. The van der Waals surface area contributed by atoms with Crippen LogP contribution in [-0.4, -0.2) is 11.5 Å². The van der Waals surface area contributed by atoms with E-state index in [-0.39, 0.29) is 6.04 Å². The predicted octanol–water partition coefficient (Wildman–Crippen LogP) is 3.96.